The van der Waals surface area contributed by atoms with Gasteiger partial charge < -0.3 is 15.8 Å². The van der Waals surface area contributed by atoms with E-state index < -0.39 is 0 Å². The number of nitrogens with zero attached hydrogens (tertiary/aromatic N) is 2. The van der Waals surface area contributed by atoms with Gasteiger partial charge in [-0.1, -0.05) is 0 Å². The molecule has 78 valence electrons. The first kappa shape index (κ1) is 10.7. The minimum atomic E-state index is 0.154. The van der Waals surface area contributed by atoms with Gasteiger partial charge in [0.1, 0.15) is 18.0 Å². The van der Waals surface area contributed by atoms with Crippen LogP contribution in [-0.2, 0) is 0 Å². The summed E-state index contributed by atoms with van der Waals surface area (Å²) in [5.41, 5.74) is 2.43. The zero-order valence-corrected chi connectivity index (χ0v) is 8.07. The predicted octanol–water partition coefficient (Wildman–Crippen LogP) is -0.0550. The third-order valence-electron chi connectivity index (χ3n) is 1.77. The lowest BCUT2D eigenvalue weighted by atomic mass is 10.2. The van der Waals surface area contributed by atoms with Gasteiger partial charge in [-0.25, -0.2) is 15.8 Å². The van der Waals surface area contributed by atoms with Crippen molar-refractivity contribution in [2.75, 3.05) is 17.3 Å². The minimum Gasteiger partial charge on any atom is -0.396 e. The Morgan fingerprint density at radius 1 is 1.50 bits per heavy atom. The van der Waals surface area contributed by atoms with Crippen molar-refractivity contribution in [1.82, 2.24) is 9.97 Å². The van der Waals surface area contributed by atoms with Gasteiger partial charge in [-0.2, -0.15) is 0 Å². The summed E-state index contributed by atoms with van der Waals surface area (Å²) in [4.78, 5) is 7.88. The van der Waals surface area contributed by atoms with E-state index in [1.807, 2.05) is 6.92 Å². The Hall–Kier alpha value is -1.40. The van der Waals surface area contributed by atoms with Gasteiger partial charge in [0.05, 0.1) is 0 Å². The average Bonchev–Trinajstić information content (AvgIpc) is 2.18. The number of nitrogens with one attached hydrogen (secondary N) is 2. The van der Waals surface area contributed by atoms with Crippen LogP contribution < -0.4 is 16.6 Å². The molecule has 5 N–H and O–H groups in total. The number of hydrogen-bond donors (Lipinski definition) is 4. The lowest BCUT2D eigenvalue weighted by Crippen LogP contribution is -2.18. The first-order valence-electron chi connectivity index (χ1n) is 4.42. The Bertz CT molecular complexity index is 280. The monoisotopic (exact) mass is 197 g/mol. The summed E-state index contributed by atoms with van der Waals surface area (Å²) in [7, 11) is 0. The van der Waals surface area contributed by atoms with Crippen LogP contribution in [0.3, 0.4) is 0 Å². The van der Waals surface area contributed by atoms with Gasteiger partial charge in [0.2, 0.25) is 0 Å². The number of aromatic nitrogens is 2. The molecule has 0 aromatic carbocycles. The van der Waals surface area contributed by atoms with Crippen LogP contribution >= 0.6 is 0 Å². The van der Waals surface area contributed by atoms with Crippen molar-refractivity contribution in [3.63, 3.8) is 0 Å². The van der Waals surface area contributed by atoms with Crippen molar-refractivity contribution in [1.29, 1.82) is 0 Å². The maximum absolute atomic E-state index is 8.71. The van der Waals surface area contributed by atoms with Crippen molar-refractivity contribution < 1.29 is 5.11 Å². The van der Waals surface area contributed by atoms with Gasteiger partial charge in [-0.05, 0) is 13.3 Å². The van der Waals surface area contributed by atoms with E-state index in [1.165, 1.54) is 6.33 Å². The third kappa shape index (κ3) is 3.15. The fourth-order valence-electron chi connectivity index (χ4n) is 1.03. The van der Waals surface area contributed by atoms with Gasteiger partial charge in [0, 0.05) is 18.7 Å². The van der Waals surface area contributed by atoms with Crippen LogP contribution in [0.2, 0.25) is 0 Å². The van der Waals surface area contributed by atoms with Gasteiger partial charge in [0.25, 0.3) is 0 Å². The topological polar surface area (TPSA) is 96.1 Å². The van der Waals surface area contributed by atoms with Crippen molar-refractivity contribution in [2.45, 2.75) is 19.4 Å². The molecule has 0 aliphatic heterocycles. The molecular formula is C8H15N5O. The summed E-state index contributed by atoms with van der Waals surface area (Å²) in [5, 5.41) is 11.8. The number of aliphatic hydroxyl groups is 1. The Morgan fingerprint density at radius 2 is 2.21 bits per heavy atom. The number of aliphatic hydroxyl groups excluding tert-OH is 1. The largest absolute Gasteiger partial charge is 0.396 e. The Morgan fingerprint density at radius 3 is 2.86 bits per heavy atom. The van der Waals surface area contributed by atoms with E-state index in [2.05, 4.69) is 20.7 Å². The maximum Gasteiger partial charge on any atom is 0.145 e. The van der Waals surface area contributed by atoms with Crippen LogP contribution in [0.4, 0.5) is 11.6 Å². The number of rotatable bonds is 5. The van der Waals surface area contributed by atoms with E-state index in [4.69, 9.17) is 10.9 Å². The zero-order valence-electron chi connectivity index (χ0n) is 8.07. The van der Waals surface area contributed by atoms with E-state index in [9.17, 15) is 0 Å². The van der Waals surface area contributed by atoms with Crippen molar-refractivity contribution >= 4 is 11.6 Å². The minimum absolute atomic E-state index is 0.154. The van der Waals surface area contributed by atoms with Gasteiger partial charge in [-0.3, -0.25) is 0 Å². The average molecular weight is 197 g/mol. The van der Waals surface area contributed by atoms with Crippen molar-refractivity contribution in [3.05, 3.63) is 12.4 Å². The number of nitrogen functional groups attached to an aromatic ring is 1. The molecule has 1 heterocycles. The molecule has 1 aromatic rings. The highest BCUT2D eigenvalue weighted by molar-refractivity contribution is 5.45. The van der Waals surface area contributed by atoms with Crippen LogP contribution in [0.15, 0.2) is 12.4 Å². The molecule has 0 saturated heterocycles. The second-order valence-corrected chi connectivity index (χ2v) is 2.99. The normalized spacial score (nSPS) is 12.2. The van der Waals surface area contributed by atoms with E-state index in [0.717, 1.165) is 0 Å². The second kappa shape index (κ2) is 5.36. The van der Waals surface area contributed by atoms with Gasteiger partial charge >= 0.3 is 0 Å². The quantitative estimate of drug-likeness (QED) is 0.390. The summed E-state index contributed by atoms with van der Waals surface area (Å²) >= 11 is 0. The molecule has 1 unspecified atom stereocenters. The summed E-state index contributed by atoms with van der Waals surface area (Å²) in [5.74, 6) is 6.44. The Kier molecular flexibility index (Phi) is 4.09. The van der Waals surface area contributed by atoms with Crippen LogP contribution in [0.1, 0.15) is 13.3 Å². The first-order valence-corrected chi connectivity index (χ1v) is 4.42. The van der Waals surface area contributed by atoms with Crippen molar-refractivity contribution in [3.8, 4) is 0 Å². The standard InChI is InChI=1S/C8H15N5O/c1-6(2-3-14)12-7-4-8(13-9)11-5-10-7/h4-6,14H,2-3,9H2,1H3,(H2,10,11,12,13). The highest BCUT2D eigenvalue weighted by Gasteiger charge is 2.02. The predicted molar refractivity (Wildman–Crippen MR) is 54.6 cm³/mol. The fourth-order valence-corrected chi connectivity index (χ4v) is 1.03. The summed E-state index contributed by atoms with van der Waals surface area (Å²) in [6, 6.07) is 1.87. The zero-order chi connectivity index (χ0) is 10.4. The highest BCUT2D eigenvalue weighted by atomic mass is 16.3. The molecule has 0 radical (unpaired) electrons. The summed E-state index contributed by atoms with van der Waals surface area (Å²) in [6.07, 6.45) is 2.10. The number of hydrazine groups is 1. The van der Waals surface area contributed by atoms with Crippen molar-refractivity contribution in [2.24, 2.45) is 5.84 Å². The molecule has 6 heteroatoms. The fraction of sp³-hybridized carbons (Fsp3) is 0.500. The number of nitrogens with two attached hydrogens (primary N) is 1. The van der Waals surface area contributed by atoms with Crippen LogP contribution in [0.25, 0.3) is 0 Å². The van der Waals surface area contributed by atoms with Crippen LogP contribution in [0, 0.1) is 0 Å². The molecular weight excluding hydrogens is 182 g/mol. The summed E-state index contributed by atoms with van der Waals surface area (Å²) < 4.78 is 0. The van der Waals surface area contributed by atoms with Gasteiger partial charge in [-0.15, -0.1) is 0 Å². The lowest BCUT2D eigenvalue weighted by molar-refractivity contribution is 0.282. The van der Waals surface area contributed by atoms with Gasteiger partial charge in [0.15, 0.2) is 0 Å². The summed E-state index contributed by atoms with van der Waals surface area (Å²) in [6.45, 7) is 2.12. The number of anilines is 2. The molecule has 0 amide bonds. The smallest absolute Gasteiger partial charge is 0.145 e. The molecule has 1 aromatic heterocycles. The molecule has 0 spiro atoms. The molecule has 0 bridgehead atoms. The Balaban J connectivity index is 2.57. The molecule has 1 rings (SSSR count). The highest BCUT2D eigenvalue weighted by Crippen LogP contribution is 2.09. The molecule has 6 nitrogen and oxygen atoms in total. The van der Waals surface area contributed by atoms with E-state index in [0.29, 0.717) is 18.1 Å². The molecule has 0 fully saturated rings. The van der Waals surface area contributed by atoms with E-state index >= 15 is 0 Å². The SMILES string of the molecule is CC(CCO)Nc1cc(NN)ncn1. The third-order valence-corrected chi connectivity index (χ3v) is 1.77. The maximum atomic E-state index is 8.71. The number of hydrogen-bond acceptors (Lipinski definition) is 6. The molecule has 14 heavy (non-hydrogen) atoms. The first-order chi connectivity index (χ1) is 6.76. The molecule has 1 atom stereocenters. The molecule has 0 saturated carbocycles. The van der Waals surface area contributed by atoms with E-state index in [-0.39, 0.29) is 12.6 Å². The molecule has 0 aliphatic rings. The van der Waals surface area contributed by atoms with Crippen LogP contribution in [-0.4, -0.2) is 27.7 Å². The second-order valence-electron chi connectivity index (χ2n) is 2.99. The molecule has 0 aliphatic carbocycles. The lowest BCUT2D eigenvalue weighted by Gasteiger charge is -2.12. The Labute approximate surface area is 82.5 Å². The van der Waals surface area contributed by atoms with E-state index in [1.54, 1.807) is 6.07 Å². The van der Waals surface area contributed by atoms with Crippen LogP contribution in [0.5, 0.6) is 0 Å².